The van der Waals surface area contributed by atoms with E-state index in [4.69, 9.17) is 72.3 Å². The number of hydrogen-bond donors (Lipinski definition) is 14. The number of nitrogens with one attached hydrogen (secondary N) is 2. The fourth-order valence-corrected chi connectivity index (χ4v) is 10.7. The molecule has 436 valence electrons. The van der Waals surface area contributed by atoms with Gasteiger partial charge >= 0.3 is 12.1 Å². The van der Waals surface area contributed by atoms with Crippen molar-refractivity contribution >= 4 is 18.0 Å². The molecular weight excluding hydrogens is 1050 g/mol. The van der Waals surface area contributed by atoms with Crippen LogP contribution in [0.5, 0.6) is 0 Å². The van der Waals surface area contributed by atoms with E-state index < -0.39 is 147 Å². The summed E-state index contributed by atoms with van der Waals surface area (Å²) in [5.74, 6) is -1.83. The summed E-state index contributed by atoms with van der Waals surface area (Å²) in [5, 5.41) is 79.9. The first kappa shape index (κ1) is 58.9. The summed E-state index contributed by atoms with van der Waals surface area (Å²) in [6.07, 6.45) is -21.5. The normalized spacial score (nSPS) is 34.5. The molecule has 1 aromatic heterocycles. The van der Waals surface area contributed by atoms with Crippen molar-refractivity contribution < 1.29 is 82.9 Å². The summed E-state index contributed by atoms with van der Waals surface area (Å²) in [4.78, 5) is 40.4. The zero-order valence-electron chi connectivity index (χ0n) is 43.3. The smallest absolute Gasteiger partial charge is 0.407 e. The molecule has 0 bridgehead atoms. The van der Waals surface area contributed by atoms with Gasteiger partial charge in [-0.25, -0.2) is 9.48 Å². The van der Waals surface area contributed by atoms with Crippen LogP contribution in [-0.4, -0.2) is 212 Å². The first-order valence-corrected chi connectivity index (χ1v) is 26.4. The maximum Gasteiger partial charge on any atom is 0.407 e. The highest BCUT2D eigenvalue weighted by atomic mass is 16.8. The molecule has 3 saturated heterocycles. The Balaban J connectivity index is 0.926. The standard InChI is InChI=1S/C52H71N11O17/c53-16-33-40(66)42(68)37(57)49(75-33)78-45-31(56)15-30(55)39(65)47(45)80-51-44(70)46(79-50-38(58)43(69)41(67)34(17-54)76-50)35(77-51)20-63-19-24(61-62-63)14-32(48(71)59-18-36(64)73-21-23-8-2-1-3-9-23)60-52(72)74-22-29-27-12-6-4-10-25(27)26-11-5-7-13-28(26)29/h1-13,19,29-35,37-47,49-51,65-70H,14-18,20-22,53-58H2,(H,59,71)(H,60,72)/t30-,31+,32?,33-,34+,35-,37-,38-,39+,40-,41-,42-,43-,44-,45-,46-,47-,49-,50-,51+/m1/s1. The largest absolute Gasteiger partial charge is 0.460 e. The van der Waals surface area contributed by atoms with Crippen molar-refractivity contribution in [2.75, 3.05) is 26.2 Å². The highest BCUT2D eigenvalue weighted by Gasteiger charge is 2.55. The number of esters is 1. The van der Waals surface area contributed by atoms with Gasteiger partial charge in [0.15, 0.2) is 18.9 Å². The monoisotopic (exact) mass is 1120 g/mol. The van der Waals surface area contributed by atoms with Crippen LogP contribution in [0.4, 0.5) is 4.79 Å². The van der Waals surface area contributed by atoms with Crippen molar-refractivity contribution in [1.82, 2.24) is 25.6 Å². The van der Waals surface area contributed by atoms with Gasteiger partial charge in [-0.2, -0.15) is 0 Å². The van der Waals surface area contributed by atoms with E-state index in [1.54, 1.807) is 24.3 Å². The van der Waals surface area contributed by atoms with Crippen LogP contribution in [0.1, 0.15) is 34.7 Å². The predicted molar refractivity (Wildman–Crippen MR) is 276 cm³/mol. The summed E-state index contributed by atoms with van der Waals surface area (Å²) < 4.78 is 49.1. The Morgan fingerprint density at radius 2 is 1.21 bits per heavy atom. The van der Waals surface area contributed by atoms with Crippen molar-refractivity contribution in [2.45, 2.75) is 154 Å². The van der Waals surface area contributed by atoms with Gasteiger partial charge in [0.05, 0.1) is 30.4 Å². The topological polar surface area (TPSA) is 457 Å². The molecule has 20 atom stereocenters. The van der Waals surface area contributed by atoms with E-state index in [1.165, 1.54) is 10.9 Å². The van der Waals surface area contributed by atoms with Gasteiger partial charge in [-0.1, -0.05) is 84.1 Å². The maximum absolute atomic E-state index is 13.9. The number of carbonyl (C=O) groups is 3. The second-order valence-corrected chi connectivity index (χ2v) is 20.6. The Bertz CT molecular complexity index is 2670. The number of amides is 2. The number of aliphatic hydroxyl groups excluding tert-OH is 6. The molecule has 0 radical (unpaired) electrons. The molecule has 28 heteroatoms. The fraction of sp³-hybridized carbons (Fsp3) is 0.558. The van der Waals surface area contributed by atoms with Crippen LogP contribution in [0.15, 0.2) is 85.1 Å². The van der Waals surface area contributed by atoms with Crippen LogP contribution in [-0.2, 0) is 67.1 Å². The first-order chi connectivity index (χ1) is 38.4. The van der Waals surface area contributed by atoms with Gasteiger partial charge in [0, 0.05) is 43.7 Å². The summed E-state index contributed by atoms with van der Waals surface area (Å²) in [5.41, 5.74) is 41.8. The second kappa shape index (κ2) is 26.0. The third-order valence-corrected chi connectivity index (χ3v) is 15.2. The molecule has 4 aromatic rings. The highest BCUT2D eigenvalue weighted by molar-refractivity contribution is 5.88. The van der Waals surface area contributed by atoms with Crippen molar-refractivity contribution in [2.24, 2.45) is 34.4 Å². The molecule has 9 rings (SSSR count). The van der Waals surface area contributed by atoms with Crippen LogP contribution in [0.3, 0.4) is 0 Å². The minimum Gasteiger partial charge on any atom is -0.460 e. The summed E-state index contributed by atoms with van der Waals surface area (Å²) in [6.45, 7) is -1.41. The number of fused-ring (bicyclic) bond motifs is 3. The first-order valence-electron chi connectivity index (χ1n) is 26.4. The molecule has 0 spiro atoms. The number of rotatable bonds is 20. The van der Waals surface area contributed by atoms with E-state index >= 15 is 0 Å². The molecule has 4 heterocycles. The number of benzene rings is 3. The average molecular weight is 1120 g/mol. The SMILES string of the molecule is NC[C@@H]1O[C@H](O[C@H]2[C@@H](O)[C@H](O[C@@H]3[C@@H](O)[C@H](N)C[C@H](N)[C@H]3O[C@H]3O[C@H](CN)[C@@H](O)[C@H](O)[C@H]3N)O[C@@H]2Cn2cc(CC(NC(=O)OCC3c4ccccc4-c4ccccc43)C(=O)NCC(=O)OCc3ccccc3)nn2)[C@H](N)[C@@H](O)[C@@H]1O. The highest BCUT2D eigenvalue weighted by Crippen LogP contribution is 2.44. The number of ether oxygens (including phenoxy) is 8. The third-order valence-electron chi connectivity index (χ3n) is 15.2. The van der Waals surface area contributed by atoms with Gasteiger partial charge in [-0.15, -0.1) is 5.10 Å². The van der Waals surface area contributed by atoms with Crippen LogP contribution < -0.4 is 45.0 Å². The summed E-state index contributed by atoms with van der Waals surface area (Å²) >= 11 is 0. The van der Waals surface area contributed by atoms with Gasteiger partial charge in [0.1, 0.15) is 92.9 Å². The van der Waals surface area contributed by atoms with E-state index in [2.05, 4.69) is 20.9 Å². The molecule has 80 heavy (non-hydrogen) atoms. The van der Waals surface area contributed by atoms with Gasteiger partial charge in [-0.05, 0) is 34.2 Å². The van der Waals surface area contributed by atoms with Crippen LogP contribution in [0, 0.1) is 0 Å². The van der Waals surface area contributed by atoms with E-state index in [-0.39, 0.29) is 57.3 Å². The van der Waals surface area contributed by atoms with Crippen LogP contribution >= 0.6 is 0 Å². The van der Waals surface area contributed by atoms with Gasteiger partial charge in [0.2, 0.25) is 5.91 Å². The maximum atomic E-state index is 13.9. The average Bonchev–Trinajstić information content (AvgIpc) is 4.28. The minimum atomic E-state index is -1.76. The van der Waals surface area contributed by atoms with E-state index in [0.29, 0.717) is 0 Å². The lowest BCUT2D eigenvalue weighted by atomic mass is 9.84. The number of nitrogens with two attached hydrogens (primary N) is 6. The number of carbonyl (C=O) groups excluding carboxylic acids is 3. The molecule has 28 nitrogen and oxygen atoms in total. The van der Waals surface area contributed by atoms with Crippen molar-refractivity contribution in [3.63, 3.8) is 0 Å². The third kappa shape index (κ3) is 13.0. The molecule has 3 aliphatic heterocycles. The van der Waals surface area contributed by atoms with Crippen molar-refractivity contribution in [3.8, 4) is 11.1 Å². The second-order valence-electron chi connectivity index (χ2n) is 20.6. The fourth-order valence-electron chi connectivity index (χ4n) is 10.7. The molecule has 2 amide bonds. The predicted octanol–water partition coefficient (Wildman–Crippen LogP) is -5.29. The molecule has 3 aromatic carbocycles. The number of aromatic nitrogens is 3. The Kier molecular flexibility index (Phi) is 19.2. The zero-order chi connectivity index (χ0) is 56.9. The van der Waals surface area contributed by atoms with E-state index in [9.17, 15) is 45.0 Å². The minimum absolute atomic E-state index is 0.00857. The van der Waals surface area contributed by atoms with Crippen molar-refractivity contribution in [3.05, 3.63) is 107 Å². The lowest BCUT2D eigenvalue weighted by molar-refractivity contribution is -0.306. The van der Waals surface area contributed by atoms with Crippen molar-refractivity contribution in [1.29, 1.82) is 0 Å². The Morgan fingerprint density at radius 3 is 1.82 bits per heavy atom. The molecule has 20 N–H and O–H groups in total. The zero-order valence-corrected chi connectivity index (χ0v) is 43.3. The molecule has 1 saturated carbocycles. The molecular formula is C52H71N11O17. The van der Waals surface area contributed by atoms with E-state index in [1.807, 2.05) is 54.6 Å². The van der Waals surface area contributed by atoms with E-state index in [0.717, 1.165) is 27.8 Å². The van der Waals surface area contributed by atoms with Gasteiger partial charge < -0.3 is 114 Å². The van der Waals surface area contributed by atoms with Gasteiger partial charge in [-0.3, -0.25) is 9.59 Å². The Hall–Kier alpha value is -5.71. The van der Waals surface area contributed by atoms with Gasteiger partial charge in [0.25, 0.3) is 0 Å². The number of alkyl carbamates (subject to hydrolysis) is 1. The van der Waals surface area contributed by atoms with Crippen LogP contribution in [0.2, 0.25) is 0 Å². The lowest BCUT2D eigenvalue weighted by Gasteiger charge is -2.47. The van der Waals surface area contributed by atoms with Crippen LogP contribution in [0.25, 0.3) is 11.1 Å². The lowest BCUT2D eigenvalue weighted by Crippen LogP contribution is -2.68. The summed E-state index contributed by atoms with van der Waals surface area (Å²) in [6, 6.07) is 18.5. The Morgan fingerprint density at radius 1 is 0.650 bits per heavy atom. The quantitative estimate of drug-likeness (QED) is 0.0368. The molecule has 1 unspecified atom stereocenters. The summed E-state index contributed by atoms with van der Waals surface area (Å²) in [7, 11) is 0. The number of hydrogen-bond acceptors (Lipinski definition) is 25. The molecule has 4 fully saturated rings. The Labute approximate surface area is 458 Å². The molecule has 5 aliphatic rings. The number of aliphatic hydroxyl groups is 6. The number of nitrogens with zero attached hydrogens (tertiary/aromatic N) is 3. The molecule has 2 aliphatic carbocycles.